The fourth-order valence-corrected chi connectivity index (χ4v) is 1.60. The number of nitrogens with zero attached hydrogens (tertiary/aromatic N) is 1. The van der Waals surface area contributed by atoms with Crippen LogP contribution in [0.4, 0.5) is 24.8 Å². The van der Waals surface area contributed by atoms with Crippen LogP contribution in [0, 0.1) is 0 Å². The molecule has 0 aliphatic rings. The fourth-order valence-electron chi connectivity index (χ4n) is 1.60. The van der Waals surface area contributed by atoms with Crippen molar-refractivity contribution in [3.05, 3.63) is 17.7 Å². The lowest BCUT2D eigenvalue weighted by Gasteiger charge is -2.15. The molecule has 21 heavy (non-hydrogen) atoms. The Morgan fingerprint density at radius 1 is 1.29 bits per heavy atom. The Hall–Kier alpha value is -1.54. The highest BCUT2D eigenvalue weighted by atomic mass is 19.4. The van der Waals surface area contributed by atoms with E-state index in [1.165, 1.54) is 7.11 Å². The van der Waals surface area contributed by atoms with E-state index in [1.54, 1.807) is 0 Å². The van der Waals surface area contributed by atoms with Crippen molar-refractivity contribution in [1.29, 1.82) is 0 Å². The largest absolute Gasteiger partial charge is 0.416 e. The van der Waals surface area contributed by atoms with E-state index < -0.39 is 17.8 Å². The van der Waals surface area contributed by atoms with E-state index >= 15 is 0 Å². The van der Waals surface area contributed by atoms with Crippen LogP contribution in [-0.4, -0.2) is 43.0 Å². The fraction of sp³-hybridized carbons (Fsp3) is 0.615. The number of nitrogens with one attached hydrogen (secondary N) is 2. The standard InChI is InChI=1S/C13H20F3N3O2/c1-3-4-17-11-5-9(13(14,15)16)6-12(19-11)18-7-10(20)8-21-2/h5-6,10,20H,3-4,7-8H2,1-2H3,(H2,17,18,19). The molecule has 0 aromatic carbocycles. The Morgan fingerprint density at radius 3 is 2.43 bits per heavy atom. The minimum atomic E-state index is -4.45. The van der Waals surface area contributed by atoms with Gasteiger partial charge in [0.1, 0.15) is 11.6 Å². The molecular weight excluding hydrogens is 287 g/mol. The van der Waals surface area contributed by atoms with Crippen molar-refractivity contribution in [2.45, 2.75) is 25.6 Å². The van der Waals surface area contributed by atoms with Crippen molar-refractivity contribution in [3.63, 3.8) is 0 Å². The zero-order valence-electron chi connectivity index (χ0n) is 12.0. The average Bonchev–Trinajstić information content (AvgIpc) is 2.42. The highest BCUT2D eigenvalue weighted by Gasteiger charge is 2.31. The summed E-state index contributed by atoms with van der Waals surface area (Å²) in [5.74, 6) is 0.203. The van der Waals surface area contributed by atoms with Crippen LogP contribution in [0.2, 0.25) is 0 Å². The number of aromatic nitrogens is 1. The third-order valence-electron chi connectivity index (χ3n) is 2.59. The Morgan fingerprint density at radius 2 is 1.90 bits per heavy atom. The predicted molar refractivity (Wildman–Crippen MR) is 74.4 cm³/mol. The molecule has 0 saturated carbocycles. The molecule has 0 spiro atoms. The smallest absolute Gasteiger partial charge is 0.389 e. The van der Waals surface area contributed by atoms with E-state index in [2.05, 4.69) is 15.6 Å². The molecule has 1 aromatic rings. The van der Waals surface area contributed by atoms with Crippen LogP contribution in [0.15, 0.2) is 12.1 Å². The molecule has 0 aliphatic heterocycles. The molecule has 1 rings (SSSR count). The van der Waals surface area contributed by atoms with E-state index in [9.17, 15) is 18.3 Å². The quantitative estimate of drug-likeness (QED) is 0.688. The van der Waals surface area contributed by atoms with E-state index in [0.29, 0.717) is 6.54 Å². The van der Waals surface area contributed by atoms with Crippen LogP contribution in [0.3, 0.4) is 0 Å². The molecule has 0 radical (unpaired) electrons. The van der Waals surface area contributed by atoms with Gasteiger partial charge in [0, 0.05) is 20.2 Å². The molecule has 0 bridgehead atoms. The second-order valence-electron chi connectivity index (χ2n) is 4.54. The minimum Gasteiger partial charge on any atom is -0.389 e. The van der Waals surface area contributed by atoms with Gasteiger partial charge in [0.05, 0.1) is 18.3 Å². The van der Waals surface area contributed by atoms with Crippen LogP contribution >= 0.6 is 0 Å². The molecule has 3 N–H and O–H groups in total. The van der Waals surface area contributed by atoms with Gasteiger partial charge >= 0.3 is 6.18 Å². The number of ether oxygens (including phenoxy) is 1. The molecule has 1 unspecified atom stereocenters. The lowest BCUT2D eigenvalue weighted by atomic mass is 10.2. The number of hydrogen-bond donors (Lipinski definition) is 3. The number of aliphatic hydroxyl groups is 1. The van der Waals surface area contributed by atoms with Gasteiger partial charge in [-0.2, -0.15) is 13.2 Å². The zero-order valence-corrected chi connectivity index (χ0v) is 12.0. The monoisotopic (exact) mass is 307 g/mol. The van der Waals surface area contributed by atoms with Crippen molar-refractivity contribution in [3.8, 4) is 0 Å². The van der Waals surface area contributed by atoms with E-state index in [-0.39, 0.29) is 24.8 Å². The third-order valence-corrected chi connectivity index (χ3v) is 2.59. The van der Waals surface area contributed by atoms with Gasteiger partial charge in [0.25, 0.3) is 0 Å². The average molecular weight is 307 g/mol. The number of anilines is 2. The highest BCUT2D eigenvalue weighted by molar-refractivity contribution is 5.49. The summed E-state index contributed by atoms with van der Waals surface area (Å²) in [6.45, 7) is 2.57. The first-order valence-electron chi connectivity index (χ1n) is 6.60. The van der Waals surface area contributed by atoms with Gasteiger partial charge in [-0.25, -0.2) is 4.98 Å². The van der Waals surface area contributed by atoms with Crippen molar-refractivity contribution in [1.82, 2.24) is 4.98 Å². The molecule has 0 aliphatic carbocycles. The van der Waals surface area contributed by atoms with Gasteiger partial charge in [0.15, 0.2) is 0 Å². The zero-order chi connectivity index (χ0) is 15.9. The maximum absolute atomic E-state index is 12.8. The summed E-state index contributed by atoms with van der Waals surface area (Å²) in [5, 5.41) is 15.0. The molecule has 1 heterocycles. The second kappa shape index (κ2) is 8.04. The minimum absolute atomic E-state index is 0.0510. The summed E-state index contributed by atoms with van der Waals surface area (Å²) >= 11 is 0. The van der Waals surface area contributed by atoms with Crippen molar-refractivity contribution >= 4 is 11.6 Å². The molecular formula is C13H20F3N3O2. The number of pyridine rings is 1. The maximum Gasteiger partial charge on any atom is 0.416 e. The first-order chi connectivity index (χ1) is 9.86. The number of hydrogen-bond acceptors (Lipinski definition) is 5. The van der Waals surface area contributed by atoms with Crippen LogP contribution in [0.5, 0.6) is 0 Å². The Kier molecular flexibility index (Phi) is 6.70. The third kappa shape index (κ3) is 6.17. The molecule has 0 amide bonds. The van der Waals surface area contributed by atoms with Crippen LogP contribution in [0.25, 0.3) is 0 Å². The SMILES string of the molecule is CCCNc1cc(C(F)(F)F)cc(NCC(O)COC)n1. The normalized spacial score (nSPS) is 13.0. The predicted octanol–water partition coefficient (Wildman–Crippen LogP) is 2.34. The van der Waals surface area contributed by atoms with E-state index in [4.69, 9.17) is 4.74 Å². The van der Waals surface area contributed by atoms with Gasteiger partial charge in [-0.15, -0.1) is 0 Å². The molecule has 0 saturated heterocycles. The van der Waals surface area contributed by atoms with Gasteiger partial charge < -0.3 is 20.5 Å². The molecule has 1 atom stereocenters. The van der Waals surface area contributed by atoms with Crippen LogP contribution in [-0.2, 0) is 10.9 Å². The summed E-state index contributed by atoms with van der Waals surface area (Å²) in [4.78, 5) is 4.04. The first-order valence-corrected chi connectivity index (χ1v) is 6.60. The molecule has 8 heteroatoms. The summed E-state index contributed by atoms with van der Waals surface area (Å²) in [6, 6.07) is 1.88. The maximum atomic E-state index is 12.8. The molecule has 0 fully saturated rings. The van der Waals surface area contributed by atoms with Gasteiger partial charge in [-0.05, 0) is 18.6 Å². The highest BCUT2D eigenvalue weighted by Crippen LogP contribution is 2.32. The first kappa shape index (κ1) is 17.5. The Labute approximate surface area is 121 Å². The van der Waals surface area contributed by atoms with Crippen LogP contribution < -0.4 is 10.6 Å². The lowest BCUT2D eigenvalue weighted by molar-refractivity contribution is -0.137. The lowest BCUT2D eigenvalue weighted by Crippen LogP contribution is -2.24. The van der Waals surface area contributed by atoms with Crippen molar-refractivity contribution in [2.75, 3.05) is 37.4 Å². The van der Waals surface area contributed by atoms with E-state index in [0.717, 1.165) is 18.6 Å². The Balaban J connectivity index is 2.85. The number of halogens is 3. The molecule has 120 valence electrons. The van der Waals surface area contributed by atoms with Gasteiger partial charge in [0.2, 0.25) is 0 Å². The summed E-state index contributed by atoms with van der Waals surface area (Å²) in [7, 11) is 1.43. The van der Waals surface area contributed by atoms with Gasteiger partial charge in [-0.1, -0.05) is 6.92 Å². The van der Waals surface area contributed by atoms with Crippen molar-refractivity contribution in [2.24, 2.45) is 0 Å². The topological polar surface area (TPSA) is 66.4 Å². The number of aliphatic hydroxyl groups excluding tert-OH is 1. The molecule has 1 aromatic heterocycles. The van der Waals surface area contributed by atoms with Crippen LogP contribution in [0.1, 0.15) is 18.9 Å². The summed E-state index contributed by atoms with van der Waals surface area (Å²) in [6.07, 6.45) is -4.50. The number of alkyl halides is 3. The van der Waals surface area contributed by atoms with Gasteiger partial charge in [-0.3, -0.25) is 0 Å². The van der Waals surface area contributed by atoms with E-state index in [1.807, 2.05) is 6.92 Å². The Bertz CT molecular complexity index is 441. The second-order valence-corrected chi connectivity index (χ2v) is 4.54. The number of rotatable bonds is 8. The summed E-state index contributed by atoms with van der Waals surface area (Å²) in [5.41, 5.74) is -0.792. The van der Waals surface area contributed by atoms with Crippen molar-refractivity contribution < 1.29 is 23.0 Å². The number of methoxy groups -OCH3 is 1. The molecule has 5 nitrogen and oxygen atoms in total. The summed E-state index contributed by atoms with van der Waals surface area (Å²) < 4.78 is 43.3.